The molecule has 0 aliphatic carbocycles. The van der Waals surface area contributed by atoms with Crippen molar-refractivity contribution < 1.29 is 39.6 Å². The lowest BCUT2D eigenvalue weighted by atomic mass is 9.94. The Balaban J connectivity index is 1.75. The summed E-state index contributed by atoms with van der Waals surface area (Å²) in [4.78, 5) is 45.8. The molecule has 0 amide bonds. The first-order chi connectivity index (χ1) is 17.2. The van der Waals surface area contributed by atoms with Crippen molar-refractivity contribution in [2.75, 3.05) is 0 Å². The second-order valence-electron chi connectivity index (χ2n) is 7.90. The molecule has 0 saturated heterocycles. The van der Waals surface area contributed by atoms with E-state index in [1.165, 1.54) is 24.3 Å². The average molecular weight is 482 g/mol. The van der Waals surface area contributed by atoms with E-state index in [0.29, 0.717) is 22.3 Å². The Morgan fingerprint density at radius 2 is 0.639 bits per heavy atom. The van der Waals surface area contributed by atoms with Gasteiger partial charge >= 0.3 is 23.9 Å². The molecule has 4 N–H and O–H groups in total. The Hall–Kier alpha value is -5.24. The van der Waals surface area contributed by atoms with E-state index in [1.54, 1.807) is 36.4 Å². The largest absolute Gasteiger partial charge is 0.478 e. The molecule has 36 heavy (non-hydrogen) atoms. The Labute approximate surface area is 204 Å². The fraction of sp³-hybridized carbons (Fsp3) is 0. The molecule has 4 aromatic rings. The first kappa shape index (κ1) is 23.9. The number of carbonyl (C=O) groups is 4. The summed E-state index contributed by atoms with van der Waals surface area (Å²) < 4.78 is 0. The van der Waals surface area contributed by atoms with Crippen LogP contribution in [-0.4, -0.2) is 44.3 Å². The summed E-state index contributed by atoms with van der Waals surface area (Å²) in [7, 11) is 0. The fourth-order valence-electron chi connectivity index (χ4n) is 3.93. The van der Waals surface area contributed by atoms with E-state index in [4.69, 9.17) is 0 Å². The van der Waals surface area contributed by atoms with Crippen LogP contribution in [0.25, 0.3) is 33.4 Å². The lowest BCUT2D eigenvalue weighted by molar-refractivity contribution is 0.0651. The van der Waals surface area contributed by atoms with E-state index < -0.39 is 23.9 Å². The highest BCUT2D eigenvalue weighted by Gasteiger charge is 2.18. The molecule has 4 aromatic carbocycles. The van der Waals surface area contributed by atoms with Gasteiger partial charge in [0.1, 0.15) is 0 Å². The Bertz CT molecular complexity index is 1430. The first-order valence-electron chi connectivity index (χ1n) is 10.6. The zero-order valence-electron chi connectivity index (χ0n) is 18.5. The Morgan fingerprint density at radius 1 is 0.361 bits per heavy atom. The third-order valence-electron chi connectivity index (χ3n) is 5.69. The highest BCUT2D eigenvalue weighted by molar-refractivity contribution is 6.03. The molecule has 0 saturated carbocycles. The summed E-state index contributed by atoms with van der Waals surface area (Å²) in [6.45, 7) is 0. The predicted octanol–water partition coefficient (Wildman–Crippen LogP) is 5.48. The van der Waals surface area contributed by atoms with Gasteiger partial charge in [-0.1, -0.05) is 48.5 Å². The van der Waals surface area contributed by atoms with E-state index in [9.17, 15) is 39.6 Å². The normalized spacial score (nSPS) is 10.6. The SMILES string of the molecule is O=C(O)c1ccc(-c2cccc(-c3cccc(-c4ccc(C(=O)O)c(C(=O)O)c4)c3)c2)cc1C(=O)O. The van der Waals surface area contributed by atoms with Crippen molar-refractivity contribution in [1.29, 1.82) is 0 Å². The van der Waals surface area contributed by atoms with Crippen LogP contribution in [0.4, 0.5) is 0 Å². The molecule has 8 heteroatoms. The smallest absolute Gasteiger partial charge is 0.336 e. The molecule has 0 aromatic heterocycles. The minimum absolute atomic E-state index is 0.301. The summed E-state index contributed by atoms with van der Waals surface area (Å²) in [5, 5.41) is 37.4. The number of hydrogen-bond donors (Lipinski definition) is 4. The molecular formula is C28H18O8. The predicted molar refractivity (Wildman–Crippen MR) is 131 cm³/mol. The van der Waals surface area contributed by atoms with Crippen molar-refractivity contribution in [3.8, 4) is 33.4 Å². The maximum Gasteiger partial charge on any atom is 0.336 e. The number of hydrogen-bond acceptors (Lipinski definition) is 4. The quantitative estimate of drug-likeness (QED) is 0.270. The number of benzene rings is 4. The van der Waals surface area contributed by atoms with Gasteiger partial charge < -0.3 is 20.4 Å². The molecule has 8 nitrogen and oxygen atoms in total. The van der Waals surface area contributed by atoms with Gasteiger partial charge in [0, 0.05) is 0 Å². The minimum Gasteiger partial charge on any atom is -0.478 e. The van der Waals surface area contributed by atoms with Crippen molar-refractivity contribution in [3.05, 3.63) is 107 Å². The van der Waals surface area contributed by atoms with Crippen LogP contribution in [0, 0.1) is 0 Å². The van der Waals surface area contributed by atoms with Crippen molar-refractivity contribution in [1.82, 2.24) is 0 Å². The van der Waals surface area contributed by atoms with Gasteiger partial charge in [-0.3, -0.25) is 0 Å². The van der Waals surface area contributed by atoms with E-state index in [-0.39, 0.29) is 22.3 Å². The Kier molecular flexibility index (Phi) is 6.34. The number of aromatic carboxylic acids is 4. The zero-order chi connectivity index (χ0) is 26.0. The van der Waals surface area contributed by atoms with Gasteiger partial charge in [-0.25, -0.2) is 19.2 Å². The highest BCUT2D eigenvalue weighted by atomic mass is 16.4. The monoisotopic (exact) mass is 482 g/mol. The number of carboxylic acids is 4. The van der Waals surface area contributed by atoms with Crippen molar-refractivity contribution in [3.63, 3.8) is 0 Å². The van der Waals surface area contributed by atoms with Gasteiger partial charge in [-0.05, 0) is 69.8 Å². The number of rotatable bonds is 7. The molecule has 0 aliphatic rings. The van der Waals surface area contributed by atoms with Crippen LogP contribution in [-0.2, 0) is 0 Å². The van der Waals surface area contributed by atoms with E-state index in [2.05, 4.69) is 0 Å². The first-order valence-corrected chi connectivity index (χ1v) is 10.6. The summed E-state index contributed by atoms with van der Waals surface area (Å²) in [6, 6.07) is 22.7. The third-order valence-corrected chi connectivity index (χ3v) is 5.69. The van der Waals surface area contributed by atoms with Gasteiger partial charge in [0.25, 0.3) is 0 Å². The molecule has 0 spiro atoms. The fourth-order valence-corrected chi connectivity index (χ4v) is 3.93. The van der Waals surface area contributed by atoms with E-state index in [1.807, 2.05) is 24.3 Å². The molecule has 178 valence electrons. The molecule has 0 atom stereocenters. The average Bonchev–Trinajstić information content (AvgIpc) is 2.88. The highest BCUT2D eigenvalue weighted by Crippen LogP contribution is 2.31. The lowest BCUT2D eigenvalue weighted by Gasteiger charge is -2.11. The van der Waals surface area contributed by atoms with Gasteiger partial charge in [0.2, 0.25) is 0 Å². The van der Waals surface area contributed by atoms with E-state index in [0.717, 1.165) is 11.1 Å². The topological polar surface area (TPSA) is 149 Å². The lowest BCUT2D eigenvalue weighted by Crippen LogP contribution is -2.08. The van der Waals surface area contributed by atoms with Crippen LogP contribution in [0.3, 0.4) is 0 Å². The van der Waals surface area contributed by atoms with Crippen LogP contribution < -0.4 is 0 Å². The van der Waals surface area contributed by atoms with Gasteiger partial charge in [-0.2, -0.15) is 0 Å². The molecule has 0 unspecified atom stereocenters. The standard InChI is InChI=1S/C28H18O8/c29-25(30)21-9-7-19(13-23(21)27(33)34)17-5-1-3-15(11-17)16-4-2-6-18(12-16)20-8-10-22(26(31)32)24(14-20)28(35)36/h1-14H,(H,29,30)(H,31,32)(H,33,34)(H,35,36). The summed E-state index contributed by atoms with van der Waals surface area (Å²) in [5.41, 5.74) is 2.76. The number of carboxylic acid groups (broad SMARTS) is 4. The molecular weight excluding hydrogens is 464 g/mol. The summed E-state index contributed by atoms with van der Waals surface area (Å²) >= 11 is 0. The van der Waals surface area contributed by atoms with E-state index >= 15 is 0 Å². The van der Waals surface area contributed by atoms with Crippen LogP contribution in [0.15, 0.2) is 84.9 Å². The second kappa shape index (κ2) is 9.55. The van der Waals surface area contributed by atoms with Crippen molar-refractivity contribution in [2.24, 2.45) is 0 Å². The van der Waals surface area contributed by atoms with Crippen molar-refractivity contribution in [2.45, 2.75) is 0 Å². The summed E-state index contributed by atoms with van der Waals surface area (Å²) in [6.07, 6.45) is 0. The van der Waals surface area contributed by atoms with Crippen molar-refractivity contribution >= 4 is 23.9 Å². The van der Waals surface area contributed by atoms with Crippen LogP contribution >= 0.6 is 0 Å². The summed E-state index contributed by atoms with van der Waals surface area (Å²) in [5.74, 6) is -5.33. The van der Waals surface area contributed by atoms with Crippen LogP contribution in [0.2, 0.25) is 0 Å². The molecule has 0 aliphatic heterocycles. The maximum atomic E-state index is 11.6. The molecule has 0 fully saturated rings. The molecule has 4 rings (SSSR count). The van der Waals surface area contributed by atoms with Gasteiger partial charge in [0.15, 0.2) is 0 Å². The van der Waals surface area contributed by atoms with Crippen LogP contribution in [0.5, 0.6) is 0 Å². The third kappa shape index (κ3) is 4.69. The van der Waals surface area contributed by atoms with Crippen LogP contribution in [0.1, 0.15) is 41.4 Å². The van der Waals surface area contributed by atoms with Gasteiger partial charge in [-0.15, -0.1) is 0 Å². The van der Waals surface area contributed by atoms with Gasteiger partial charge in [0.05, 0.1) is 22.3 Å². The minimum atomic E-state index is -1.34. The maximum absolute atomic E-state index is 11.6. The molecule has 0 bridgehead atoms. The zero-order valence-corrected chi connectivity index (χ0v) is 18.5. The molecule has 0 radical (unpaired) electrons. The molecule has 0 heterocycles. The Morgan fingerprint density at radius 3 is 0.917 bits per heavy atom. The second-order valence-corrected chi connectivity index (χ2v) is 7.90.